The SMILES string of the molecule is CSc1nnc(NC(=O)/C=C/c2ccc(C(C)C)cc2)s1. The maximum atomic E-state index is 11.8. The van der Waals surface area contributed by atoms with E-state index in [-0.39, 0.29) is 5.91 Å². The van der Waals surface area contributed by atoms with Crippen molar-refractivity contribution in [2.45, 2.75) is 24.1 Å². The summed E-state index contributed by atoms with van der Waals surface area (Å²) in [5, 5.41) is 11.0. The van der Waals surface area contributed by atoms with Gasteiger partial charge in [-0.15, -0.1) is 10.2 Å². The summed E-state index contributed by atoms with van der Waals surface area (Å²) in [4.78, 5) is 11.8. The third-order valence-corrected chi connectivity index (χ3v) is 4.66. The first-order valence-electron chi connectivity index (χ1n) is 6.55. The minimum absolute atomic E-state index is 0.202. The van der Waals surface area contributed by atoms with Crippen molar-refractivity contribution in [1.82, 2.24) is 10.2 Å². The molecule has 0 bridgehead atoms. The van der Waals surface area contributed by atoms with Crippen molar-refractivity contribution in [3.8, 4) is 0 Å². The van der Waals surface area contributed by atoms with Crippen LogP contribution in [0.25, 0.3) is 6.08 Å². The standard InChI is InChI=1S/C15H17N3OS2/c1-10(2)12-7-4-11(5-8-12)6-9-13(19)16-14-17-18-15(20-3)21-14/h4-10H,1-3H3,(H,16,17,19)/b9-6+. The maximum Gasteiger partial charge on any atom is 0.250 e. The zero-order valence-electron chi connectivity index (χ0n) is 12.2. The van der Waals surface area contributed by atoms with Crippen molar-refractivity contribution >= 4 is 40.2 Å². The van der Waals surface area contributed by atoms with Crippen molar-refractivity contribution < 1.29 is 4.79 Å². The van der Waals surface area contributed by atoms with Gasteiger partial charge in [0, 0.05) is 6.08 Å². The third kappa shape index (κ3) is 4.68. The van der Waals surface area contributed by atoms with Crippen LogP contribution in [0, 0.1) is 0 Å². The van der Waals surface area contributed by atoms with E-state index in [9.17, 15) is 4.79 Å². The highest BCUT2D eigenvalue weighted by molar-refractivity contribution is 8.00. The van der Waals surface area contributed by atoms with Crippen LogP contribution in [0.15, 0.2) is 34.7 Å². The van der Waals surface area contributed by atoms with Crippen LogP contribution in [0.3, 0.4) is 0 Å². The van der Waals surface area contributed by atoms with Crippen LogP contribution >= 0.6 is 23.1 Å². The van der Waals surface area contributed by atoms with Gasteiger partial charge >= 0.3 is 0 Å². The molecule has 0 fully saturated rings. The van der Waals surface area contributed by atoms with Gasteiger partial charge < -0.3 is 0 Å². The molecule has 0 radical (unpaired) electrons. The quantitative estimate of drug-likeness (QED) is 0.513. The normalized spacial score (nSPS) is 11.2. The minimum atomic E-state index is -0.202. The summed E-state index contributed by atoms with van der Waals surface area (Å²) >= 11 is 2.87. The fourth-order valence-electron chi connectivity index (χ4n) is 1.65. The topological polar surface area (TPSA) is 54.9 Å². The highest BCUT2D eigenvalue weighted by atomic mass is 32.2. The largest absolute Gasteiger partial charge is 0.297 e. The van der Waals surface area contributed by atoms with E-state index in [2.05, 4.69) is 41.5 Å². The zero-order chi connectivity index (χ0) is 15.2. The number of hydrogen-bond donors (Lipinski definition) is 1. The van der Waals surface area contributed by atoms with Gasteiger partial charge in [-0.25, -0.2) is 0 Å². The lowest BCUT2D eigenvalue weighted by Gasteiger charge is -2.04. The Morgan fingerprint density at radius 2 is 2.00 bits per heavy atom. The molecule has 0 saturated carbocycles. The molecular weight excluding hydrogens is 302 g/mol. The third-order valence-electron chi connectivity index (χ3n) is 2.84. The monoisotopic (exact) mass is 319 g/mol. The number of anilines is 1. The second-order valence-corrected chi connectivity index (χ2v) is 6.75. The average molecular weight is 319 g/mol. The molecule has 0 atom stereocenters. The van der Waals surface area contributed by atoms with E-state index < -0.39 is 0 Å². The van der Waals surface area contributed by atoms with Crippen LogP contribution in [0.4, 0.5) is 5.13 Å². The molecule has 1 heterocycles. The molecule has 0 aliphatic heterocycles. The van der Waals surface area contributed by atoms with E-state index in [0.717, 1.165) is 9.90 Å². The number of thioether (sulfide) groups is 1. The number of carbonyl (C=O) groups excluding carboxylic acids is 1. The van der Waals surface area contributed by atoms with E-state index in [1.165, 1.54) is 34.7 Å². The van der Waals surface area contributed by atoms with E-state index in [1.807, 2.05) is 18.4 Å². The summed E-state index contributed by atoms with van der Waals surface area (Å²) in [7, 11) is 0. The van der Waals surface area contributed by atoms with Gasteiger partial charge in [-0.2, -0.15) is 0 Å². The van der Waals surface area contributed by atoms with Crippen LogP contribution < -0.4 is 5.32 Å². The van der Waals surface area contributed by atoms with Crippen LogP contribution in [-0.2, 0) is 4.79 Å². The van der Waals surface area contributed by atoms with Gasteiger partial charge in [-0.05, 0) is 29.4 Å². The number of amides is 1. The van der Waals surface area contributed by atoms with E-state index in [4.69, 9.17) is 0 Å². The van der Waals surface area contributed by atoms with Gasteiger partial charge in [0.1, 0.15) is 0 Å². The summed E-state index contributed by atoms with van der Waals surface area (Å²) in [6.45, 7) is 4.31. The van der Waals surface area contributed by atoms with Crippen LogP contribution in [0.5, 0.6) is 0 Å². The van der Waals surface area contributed by atoms with Gasteiger partial charge in [0.15, 0.2) is 4.34 Å². The maximum absolute atomic E-state index is 11.8. The Morgan fingerprint density at radius 3 is 2.57 bits per heavy atom. The molecule has 1 aromatic carbocycles. The van der Waals surface area contributed by atoms with Gasteiger partial charge in [0.05, 0.1) is 0 Å². The molecule has 4 nitrogen and oxygen atoms in total. The summed E-state index contributed by atoms with van der Waals surface area (Å²) in [5.41, 5.74) is 2.28. The smallest absolute Gasteiger partial charge is 0.250 e. The summed E-state index contributed by atoms with van der Waals surface area (Å²) in [6, 6.07) is 8.18. The lowest BCUT2D eigenvalue weighted by atomic mass is 10.0. The Hall–Kier alpha value is -1.66. The van der Waals surface area contributed by atoms with Crippen LogP contribution in [-0.4, -0.2) is 22.4 Å². The Kier molecular flexibility index (Phi) is 5.52. The Morgan fingerprint density at radius 1 is 1.29 bits per heavy atom. The molecule has 1 aromatic heterocycles. The Labute approximate surface area is 132 Å². The number of benzene rings is 1. The van der Waals surface area contributed by atoms with Gasteiger partial charge in [-0.3, -0.25) is 10.1 Å². The number of nitrogens with one attached hydrogen (secondary N) is 1. The molecule has 1 N–H and O–H groups in total. The van der Waals surface area contributed by atoms with E-state index in [1.54, 1.807) is 6.08 Å². The molecule has 2 aromatic rings. The second-order valence-electron chi connectivity index (χ2n) is 4.72. The van der Waals surface area contributed by atoms with Crippen molar-refractivity contribution in [3.05, 3.63) is 41.5 Å². The summed E-state index contributed by atoms with van der Waals surface area (Å²) in [6.07, 6.45) is 5.22. The highest BCUT2D eigenvalue weighted by Crippen LogP contribution is 2.23. The predicted octanol–water partition coefficient (Wildman–Crippen LogP) is 4.04. The molecule has 110 valence electrons. The molecule has 0 saturated heterocycles. The van der Waals surface area contributed by atoms with Crippen molar-refractivity contribution in [1.29, 1.82) is 0 Å². The molecule has 0 aliphatic rings. The molecule has 0 aliphatic carbocycles. The number of aromatic nitrogens is 2. The van der Waals surface area contributed by atoms with Crippen molar-refractivity contribution in [2.75, 3.05) is 11.6 Å². The van der Waals surface area contributed by atoms with Crippen LogP contribution in [0.2, 0.25) is 0 Å². The number of nitrogens with zero attached hydrogens (tertiary/aromatic N) is 2. The zero-order valence-corrected chi connectivity index (χ0v) is 13.8. The number of carbonyl (C=O) groups is 1. The number of rotatable bonds is 5. The highest BCUT2D eigenvalue weighted by Gasteiger charge is 2.05. The fraction of sp³-hybridized carbons (Fsp3) is 0.267. The van der Waals surface area contributed by atoms with Gasteiger partial charge in [-0.1, -0.05) is 61.2 Å². The predicted molar refractivity (Wildman–Crippen MR) is 89.9 cm³/mol. The molecule has 2 rings (SSSR count). The molecule has 0 unspecified atom stereocenters. The lowest BCUT2D eigenvalue weighted by molar-refractivity contribution is -0.111. The van der Waals surface area contributed by atoms with E-state index in [0.29, 0.717) is 11.0 Å². The van der Waals surface area contributed by atoms with Crippen molar-refractivity contribution in [2.24, 2.45) is 0 Å². The summed E-state index contributed by atoms with van der Waals surface area (Å²) < 4.78 is 0.832. The number of hydrogen-bond acceptors (Lipinski definition) is 5. The molecular formula is C15H17N3OS2. The minimum Gasteiger partial charge on any atom is -0.297 e. The average Bonchev–Trinajstić information content (AvgIpc) is 2.93. The molecule has 0 spiro atoms. The Balaban J connectivity index is 1.95. The first-order chi connectivity index (χ1) is 10.1. The van der Waals surface area contributed by atoms with Crippen LogP contribution in [0.1, 0.15) is 30.9 Å². The fourth-order valence-corrected chi connectivity index (χ4v) is 2.83. The van der Waals surface area contributed by atoms with Gasteiger partial charge in [0.25, 0.3) is 0 Å². The van der Waals surface area contributed by atoms with Gasteiger partial charge in [0.2, 0.25) is 11.0 Å². The Bertz CT molecular complexity index is 633. The first-order valence-corrected chi connectivity index (χ1v) is 8.59. The first kappa shape index (κ1) is 15.7. The molecule has 6 heteroatoms. The van der Waals surface area contributed by atoms with Crippen molar-refractivity contribution in [3.63, 3.8) is 0 Å². The molecule has 21 heavy (non-hydrogen) atoms. The molecule has 1 amide bonds. The van der Waals surface area contributed by atoms with E-state index >= 15 is 0 Å². The lowest BCUT2D eigenvalue weighted by Crippen LogP contribution is -2.07. The second kappa shape index (κ2) is 7.38. The summed E-state index contributed by atoms with van der Waals surface area (Å²) in [5.74, 6) is 0.307.